The van der Waals surface area contributed by atoms with Gasteiger partial charge in [0.05, 0.1) is 10.7 Å². The molecule has 0 amide bonds. The lowest BCUT2D eigenvalue weighted by molar-refractivity contribution is 0.624. The largest absolute Gasteiger partial charge is 0.260 e. The van der Waals surface area contributed by atoms with E-state index in [0.29, 0.717) is 5.69 Å². The highest BCUT2D eigenvalue weighted by molar-refractivity contribution is 6.31. The summed E-state index contributed by atoms with van der Waals surface area (Å²) in [5.74, 6) is -0.413. The molecule has 0 radical (unpaired) electrons. The van der Waals surface area contributed by atoms with Gasteiger partial charge in [-0.3, -0.25) is 4.98 Å². The van der Waals surface area contributed by atoms with E-state index in [2.05, 4.69) is 4.98 Å². The van der Waals surface area contributed by atoms with Crippen LogP contribution in [-0.2, 0) is 0 Å². The maximum absolute atomic E-state index is 12.4. The van der Waals surface area contributed by atoms with Crippen molar-refractivity contribution in [3.8, 4) is 0 Å². The molecule has 0 saturated heterocycles. The Morgan fingerprint density at radius 1 is 1.67 bits per heavy atom. The lowest BCUT2D eigenvalue weighted by Gasteiger charge is -1.94. The second-order valence-electron chi connectivity index (χ2n) is 1.69. The summed E-state index contributed by atoms with van der Waals surface area (Å²) in [5.41, 5.74) is 0.525. The number of hydrogen-bond donors (Lipinski definition) is 0. The smallest absolute Gasteiger partial charge is 0.145 e. The summed E-state index contributed by atoms with van der Waals surface area (Å²) >= 11 is 5.44. The van der Waals surface area contributed by atoms with Crippen LogP contribution in [-0.4, -0.2) is 4.98 Å². The quantitative estimate of drug-likeness (QED) is 0.545. The maximum atomic E-state index is 12.4. The zero-order valence-electron chi connectivity index (χ0n) is 4.86. The van der Waals surface area contributed by atoms with E-state index < -0.39 is 5.82 Å². The van der Waals surface area contributed by atoms with Crippen LogP contribution in [0.15, 0.2) is 12.3 Å². The van der Waals surface area contributed by atoms with Gasteiger partial charge in [-0.05, 0) is 13.0 Å². The fourth-order valence-electron chi connectivity index (χ4n) is 0.517. The third-order valence-corrected chi connectivity index (χ3v) is 1.47. The average molecular weight is 146 g/mol. The fourth-order valence-corrected chi connectivity index (χ4v) is 0.629. The second-order valence-corrected chi connectivity index (χ2v) is 2.07. The third-order valence-electron chi connectivity index (χ3n) is 1.02. The maximum Gasteiger partial charge on any atom is 0.145 e. The Balaban J connectivity index is 3.25. The molecule has 0 bridgehead atoms. The van der Waals surface area contributed by atoms with Gasteiger partial charge < -0.3 is 0 Å². The van der Waals surface area contributed by atoms with E-state index in [1.807, 2.05) is 0 Å². The van der Waals surface area contributed by atoms with Crippen molar-refractivity contribution in [3.63, 3.8) is 0 Å². The Kier molecular flexibility index (Phi) is 1.67. The van der Waals surface area contributed by atoms with Crippen molar-refractivity contribution in [2.24, 2.45) is 0 Å². The van der Waals surface area contributed by atoms with E-state index in [9.17, 15) is 4.39 Å². The van der Waals surface area contributed by atoms with Crippen LogP contribution in [0.25, 0.3) is 0 Å². The van der Waals surface area contributed by atoms with Crippen LogP contribution in [0.4, 0.5) is 4.39 Å². The van der Waals surface area contributed by atoms with Crippen LogP contribution >= 0.6 is 11.6 Å². The normalized spacial score (nSPS) is 9.67. The molecule has 3 heteroatoms. The van der Waals surface area contributed by atoms with Crippen molar-refractivity contribution in [1.82, 2.24) is 4.98 Å². The molecule has 0 N–H and O–H groups in total. The van der Waals surface area contributed by atoms with Crippen molar-refractivity contribution in [2.45, 2.75) is 6.92 Å². The van der Waals surface area contributed by atoms with Gasteiger partial charge in [0.25, 0.3) is 0 Å². The van der Waals surface area contributed by atoms with Crippen molar-refractivity contribution >= 4 is 11.6 Å². The Hall–Kier alpha value is -0.630. The van der Waals surface area contributed by atoms with Gasteiger partial charge in [-0.1, -0.05) is 11.6 Å². The minimum absolute atomic E-state index is 0.109. The number of aromatic nitrogens is 1. The second kappa shape index (κ2) is 2.31. The average Bonchev–Trinajstić information content (AvgIpc) is 1.83. The summed E-state index contributed by atoms with van der Waals surface area (Å²) in [7, 11) is 0. The monoisotopic (exact) mass is 145 g/mol. The van der Waals surface area contributed by atoms with Crippen LogP contribution < -0.4 is 0 Å². The third kappa shape index (κ3) is 1.19. The van der Waals surface area contributed by atoms with E-state index in [1.165, 1.54) is 12.3 Å². The lowest BCUT2D eigenvalue weighted by Crippen LogP contribution is -1.84. The number of halogens is 2. The highest BCUT2D eigenvalue weighted by Gasteiger charge is 2.00. The molecule has 48 valence electrons. The van der Waals surface area contributed by atoms with Crippen LogP contribution in [0.3, 0.4) is 0 Å². The molecule has 0 atom stereocenters. The summed E-state index contributed by atoms with van der Waals surface area (Å²) in [6, 6.07) is 1.23. The molecule has 1 aromatic heterocycles. The first kappa shape index (κ1) is 6.49. The van der Waals surface area contributed by atoms with E-state index in [4.69, 9.17) is 11.6 Å². The number of pyridine rings is 1. The minimum atomic E-state index is -0.413. The van der Waals surface area contributed by atoms with Crippen molar-refractivity contribution in [1.29, 1.82) is 0 Å². The predicted molar refractivity (Wildman–Crippen MR) is 33.9 cm³/mol. The summed E-state index contributed by atoms with van der Waals surface area (Å²) in [6.45, 7) is 1.66. The lowest BCUT2D eigenvalue weighted by atomic mass is 10.4. The van der Waals surface area contributed by atoms with Crippen LogP contribution in [0, 0.1) is 12.7 Å². The van der Waals surface area contributed by atoms with Gasteiger partial charge in [0, 0.05) is 6.20 Å². The first-order valence-electron chi connectivity index (χ1n) is 2.48. The van der Waals surface area contributed by atoms with Gasteiger partial charge >= 0.3 is 0 Å². The topological polar surface area (TPSA) is 12.9 Å². The molecule has 0 unspecified atom stereocenters. The van der Waals surface area contributed by atoms with Crippen molar-refractivity contribution < 1.29 is 4.39 Å². The van der Waals surface area contributed by atoms with Gasteiger partial charge in [-0.25, -0.2) is 4.39 Å². The predicted octanol–water partition coefficient (Wildman–Crippen LogP) is 2.18. The van der Waals surface area contributed by atoms with Gasteiger partial charge in [0.2, 0.25) is 0 Å². The zero-order chi connectivity index (χ0) is 6.85. The highest BCUT2D eigenvalue weighted by atomic mass is 35.5. The molecule has 1 rings (SSSR count). The summed E-state index contributed by atoms with van der Waals surface area (Å²) < 4.78 is 12.4. The van der Waals surface area contributed by atoms with Crippen LogP contribution in [0.5, 0.6) is 0 Å². The first-order valence-corrected chi connectivity index (χ1v) is 2.86. The molecule has 9 heavy (non-hydrogen) atoms. The molecule has 0 aliphatic carbocycles. The molecule has 0 aliphatic rings. The summed E-state index contributed by atoms with van der Waals surface area (Å²) in [5, 5.41) is 0.109. The van der Waals surface area contributed by atoms with Gasteiger partial charge in [-0.15, -0.1) is 0 Å². The Morgan fingerprint density at radius 2 is 2.33 bits per heavy atom. The molecule has 0 aromatic carbocycles. The SMILES string of the molecule is Cc1nccc(F)c1Cl. The molecular weight excluding hydrogens is 141 g/mol. The van der Waals surface area contributed by atoms with E-state index in [0.717, 1.165) is 0 Å². The molecule has 1 nitrogen and oxygen atoms in total. The number of nitrogens with zero attached hydrogens (tertiary/aromatic N) is 1. The van der Waals surface area contributed by atoms with Gasteiger partial charge in [0.1, 0.15) is 5.82 Å². The fraction of sp³-hybridized carbons (Fsp3) is 0.167. The Morgan fingerprint density at radius 3 is 2.78 bits per heavy atom. The summed E-state index contributed by atoms with van der Waals surface area (Å²) in [6.07, 6.45) is 1.39. The van der Waals surface area contributed by atoms with E-state index in [1.54, 1.807) is 6.92 Å². The summed E-state index contributed by atoms with van der Waals surface area (Å²) in [4.78, 5) is 3.77. The first-order chi connectivity index (χ1) is 4.22. The zero-order valence-corrected chi connectivity index (χ0v) is 5.61. The molecule has 0 fully saturated rings. The van der Waals surface area contributed by atoms with Crippen LogP contribution in [0.2, 0.25) is 5.02 Å². The molecule has 0 saturated carbocycles. The van der Waals surface area contributed by atoms with E-state index in [-0.39, 0.29) is 5.02 Å². The minimum Gasteiger partial charge on any atom is -0.260 e. The van der Waals surface area contributed by atoms with Crippen molar-refractivity contribution in [3.05, 3.63) is 28.8 Å². The molecule has 1 heterocycles. The molecule has 0 spiro atoms. The number of aryl methyl sites for hydroxylation is 1. The van der Waals surface area contributed by atoms with Gasteiger partial charge in [0.15, 0.2) is 0 Å². The molecular formula is C6H5ClFN. The number of hydrogen-bond acceptors (Lipinski definition) is 1. The van der Waals surface area contributed by atoms with Crippen LogP contribution in [0.1, 0.15) is 5.69 Å². The standard InChI is InChI=1S/C6H5ClFN/c1-4-6(7)5(8)2-3-9-4/h2-3H,1H3. The highest BCUT2D eigenvalue weighted by Crippen LogP contribution is 2.15. The molecule has 0 aliphatic heterocycles. The van der Waals surface area contributed by atoms with E-state index >= 15 is 0 Å². The number of rotatable bonds is 0. The Labute approximate surface area is 57.5 Å². The Bertz CT molecular complexity index is 204. The molecule has 1 aromatic rings. The van der Waals surface area contributed by atoms with Gasteiger partial charge in [-0.2, -0.15) is 0 Å². The van der Waals surface area contributed by atoms with Crippen molar-refractivity contribution in [2.75, 3.05) is 0 Å².